The number of carbonyl (C=O) groups excluding carboxylic acids is 1. The predicted octanol–water partition coefficient (Wildman–Crippen LogP) is 4.14. The van der Waals surface area contributed by atoms with E-state index >= 15 is 8.78 Å². The normalized spacial score (nSPS) is 15.8. The molecule has 0 saturated carbocycles. The van der Waals surface area contributed by atoms with Crippen LogP contribution in [0, 0.1) is 11.6 Å². The van der Waals surface area contributed by atoms with E-state index < -0.39 is 50.9 Å². The average Bonchev–Trinajstić information content (AvgIpc) is 2.55. The van der Waals surface area contributed by atoms with Gasteiger partial charge in [0.05, 0.1) is 22.1 Å². The quantitative estimate of drug-likeness (QED) is 0.348. The Labute approximate surface area is 160 Å². The topological polar surface area (TPSA) is 46.6 Å². The van der Waals surface area contributed by atoms with E-state index in [1.54, 1.807) is 0 Å². The predicted molar refractivity (Wildman–Crippen MR) is 94.0 cm³/mol. The van der Waals surface area contributed by atoms with Gasteiger partial charge in [-0.25, -0.2) is 22.1 Å². The van der Waals surface area contributed by atoms with E-state index in [9.17, 15) is 17.8 Å². The van der Waals surface area contributed by atoms with Crippen molar-refractivity contribution >= 4 is 32.9 Å². The summed E-state index contributed by atoms with van der Waals surface area (Å²) < 4.78 is 75.6. The van der Waals surface area contributed by atoms with Crippen LogP contribution in [0.5, 0.6) is 0 Å². The van der Waals surface area contributed by atoms with Crippen LogP contribution in [0.15, 0.2) is 16.6 Å². The number of nitrogens with zero attached hydrogens (tertiary/aromatic N) is 1. The molecule has 10 heteroatoms. The number of alkyl halides is 2. The molecule has 0 radical (unpaired) electrons. The van der Waals surface area contributed by atoms with Gasteiger partial charge in [0.25, 0.3) is 0 Å². The van der Waals surface area contributed by atoms with Crippen LogP contribution in [0.1, 0.15) is 33.3 Å². The van der Waals surface area contributed by atoms with Gasteiger partial charge in [0.15, 0.2) is 0 Å². The van der Waals surface area contributed by atoms with E-state index in [1.807, 2.05) is 0 Å². The van der Waals surface area contributed by atoms with Crippen molar-refractivity contribution in [3.05, 3.63) is 33.8 Å². The van der Waals surface area contributed by atoms with E-state index in [4.69, 9.17) is 0 Å². The fraction of sp³-hybridized carbons (Fsp3) is 0.562. The van der Waals surface area contributed by atoms with Gasteiger partial charge >= 0.3 is 11.9 Å². The molecule has 0 saturated heterocycles. The molecule has 0 amide bonds. The lowest BCUT2D eigenvalue weighted by Crippen LogP contribution is -2.60. The van der Waals surface area contributed by atoms with Crippen LogP contribution in [0.3, 0.4) is 0 Å². The summed E-state index contributed by atoms with van der Waals surface area (Å²) in [5.74, 6) is -8.47. The van der Waals surface area contributed by atoms with Crippen LogP contribution in [0.25, 0.3) is 0 Å². The van der Waals surface area contributed by atoms with Crippen LogP contribution < -0.4 is 0 Å². The van der Waals surface area contributed by atoms with Gasteiger partial charge in [0.1, 0.15) is 17.2 Å². The van der Waals surface area contributed by atoms with E-state index in [-0.39, 0.29) is 11.1 Å². The third-order valence-electron chi connectivity index (χ3n) is 3.98. The molecule has 26 heavy (non-hydrogen) atoms. The Morgan fingerprint density at radius 3 is 2.31 bits per heavy atom. The standard InChI is InChI=1S/C16H20BrF4NO3S/c1-6-25-14(23)16(20,21)15(4,22(5)26(24)9(2)3)10-7-11(17)13(19)8-12(10)18/h7-9H,6H2,1-5H3/t15-,26-/m1/s1. The largest absolute Gasteiger partial charge is 0.461 e. The second kappa shape index (κ2) is 8.35. The highest BCUT2D eigenvalue weighted by Crippen LogP contribution is 2.45. The average molecular weight is 462 g/mol. The smallest absolute Gasteiger partial charge is 0.379 e. The first kappa shape index (κ1) is 23.0. The van der Waals surface area contributed by atoms with E-state index in [1.165, 1.54) is 20.8 Å². The lowest BCUT2D eigenvalue weighted by atomic mass is 9.84. The summed E-state index contributed by atoms with van der Waals surface area (Å²) in [6.45, 7) is 4.93. The van der Waals surface area contributed by atoms with Gasteiger partial charge in [-0.1, -0.05) is 0 Å². The lowest BCUT2D eigenvalue weighted by Gasteiger charge is -2.42. The van der Waals surface area contributed by atoms with Crippen molar-refractivity contribution in [2.45, 2.75) is 44.4 Å². The summed E-state index contributed by atoms with van der Waals surface area (Å²) in [4.78, 5) is 11.9. The third kappa shape index (κ3) is 3.96. The van der Waals surface area contributed by atoms with Crippen molar-refractivity contribution in [3.63, 3.8) is 0 Å². The van der Waals surface area contributed by atoms with Crippen LogP contribution >= 0.6 is 15.9 Å². The first-order chi connectivity index (χ1) is 11.8. The number of rotatable bonds is 7. The summed E-state index contributed by atoms with van der Waals surface area (Å²) in [6.07, 6.45) is 0. The van der Waals surface area contributed by atoms with Gasteiger partial charge in [-0.2, -0.15) is 8.78 Å². The van der Waals surface area contributed by atoms with Gasteiger partial charge in [-0.3, -0.25) is 0 Å². The minimum absolute atomic E-state index is 0.275. The molecule has 1 aromatic carbocycles. The fourth-order valence-corrected chi connectivity index (χ4v) is 3.90. The zero-order chi connectivity index (χ0) is 20.4. The Morgan fingerprint density at radius 1 is 1.31 bits per heavy atom. The Balaban J connectivity index is 3.76. The zero-order valence-corrected chi connectivity index (χ0v) is 17.3. The first-order valence-electron chi connectivity index (χ1n) is 7.66. The number of ether oxygens (including phenoxy) is 1. The summed E-state index contributed by atoms with van der Waals surface area (Å²) in [5.41, 5.74) is -3.39. The second-order valence-electron chi connectivity index (χ2n) is 5.94. The molecule has 1 aromatic rings. The number of halogens is 5. The zero-order valence-electron chi connectivity index (χ0n) is 14.9. The molecule has 0 heterocycles. The molecule has 0 N–H and O–H groups in total. The molecule has 1 rings (SSSR count). The summed E-state index contributed by atoms with van der Waals surface area (Å²) in [5, 5.41) is -0.593. The van der Waals surface area contributed by atoms with Gasteiger partial charge < -0.3 is 4.74 Å². The Morgan fingerprint density at radius 2 is 1.85 bits per heavy atom. The van der Waals surface area contributed by atoms with Crippen molar-refractivity contribution in [2.75, 3.05) is 13.7 Å². The maximum atomic E-state index is 15.1. The molecular weight excluding hydrogens is 442 g/mol. The molecule has 0 aliphatic rings. The number of esters is 1. The van der Waals surface area contributed by atoms with Crippen molar-refractivity contribution in [2.24, 2.45) is 0 Å². The molecule has 0 fully saturated rings. The van der Waals surface area contributed by atoms with Gasteiger partial charge in [0.2, 0.25) is 0 Å². The maximum absolute atomic E-state index is 15.1. The number of hydrogen-bond acceptors (Lipinski definition) is 3. The maximum Gasteiger partial charge on any atom is 0.379 e. The second-order valence-corrected chi connectivity index (χ2v) is 8.83. The van der Waals surface area contributed by atoms with E-state index in [2.05, 4.69) is 20.7 Å². The monoisotopic (exact) mass is 461 g/mol. The Kier molecular flexibility index (Phi) is 7.40. The number of benzene rings is 1. The van der Waals surface area contributed by atoms with E-state index in [0.29, 0.717) is 10.4 Å². The first-order valence-corrected chi connectivity index (χ1v) is 9.63. The van der Waals surface area contributed by atoms with Crippen molar-refractivity contribution in [1.29, 1.82) is 0 Å². The minimum Gasteiger partial charge on any atom is -0.461 e. The third-order valence-corrected chi connectivity index (χ3v) is 6.30. The van der Waals surface area contributed by atoms with Crippen molar-refractivity contribution in [3.8, 4) is 0 Å². The van der Waals surface area contributed by atoms with Crippen LogP contribution in [0.4, 0.5) is 17.6 Å². The molecule has 0 bridgehead atoms. The highest BCUT2D eigenvalue weighted by atomic mass is 79.9. The highest BCUT2D eigenvalue weighted by Gasteiger charge is 2.63. The molecule has 0 aliphatic heterocycles. The molecular formula is C16H20BrF4NO3S. The van der Waals surface area contributed by atoms with Crippen molar-refractivity contribution in [1.82, 2.24) is 4.31 Å². The van der Waals surface area contributed by atoms with Crippen LogP contribution in [-0.2, 0) is 26.1 Å². The Bertz CT molecular complexity index is 717. The van der Waals surface area contributed by atoms with Crippen molar-refractivity contribution < 1.29 is 31.3 Å². The SMILES string of the molecule is CCOC(=O)C(F)(F)[C@@](C)(c1cc(Br)c(F)cc1F)N(C)[S@](=O)C(C)C. The van der Waals surface area contributed by atoms with Gasteiger partial charge in [0, 0.05) is 23.9 Å². The number of hydrogen-bond donors (Lipinski definition) is 0. The highest BCUT2D eigenvalue weighted by molar-refractivity contribution is 9.10. The summed E-state index contributed by atoms with van der Waals surface area (Å²) >= 11 is 2.83. The molecule has 0 unspecified atom stereocenters. The van der Waals surface area contributed by atoms with Gasteiger partial charge in [-0.05, 0) is 49.7 Å². The summed E-state index contributed by atoms with van der Waals surface area (Å²) in [6, 6.07) is 1.23. The van der Waals surface area contributed by atoms with E-state index in [0.717, 1.165) is 20.0 Å². The van der Waals surface area contributed by atoms with Crippen LogP contribution in [0.2, 0.25) is 0 Å². The molecule has 0 spiro atoms. The molecule has 0 aliphatic carbocycles. The fourth-order valence-electron chi connectivity index (χ4n) is 2.35. The molecule has 148 valence electrons. The Hall–Kier alpha value is -1.00. The lowest BCUT2D eigenvalue weighted by molar-refractivity contribution is -0.191. The molecule has 2 atom stereocenters. The van der Waals surface area contributed by atoms with Gasteiger partial charge in [-0.15, -0.1) is 0 Å². The number of carbonyl (C=O) groups is 1. The molecule has 4 nitrogen and oxygen atoms in total. The van der Waals surface area contributed by atoms with Crippen LogP contribution in [-0.4, -0.2) is 39.3 Å². The summed E-state index contributed by atoms with van der Waals surface area (Å²) in [7, 11) is -0.920. The molecule has 0 aromatic heterocycles. The minimum atomic E-state index is -4.28.